The Labute approximate surface area is 170 Å². The lowest BCUT2D eigenvalue weighted by atomic mass is 10.0. The number of ether oxygens (including phenoxy) is 2. The highest BCUT2D eigenvalue weighted by Crippen LogP contribution is 2.30. The minimum absolute atomic E-state index is 0.0785. The van der Waals surface area contributed by atoms with Crippen LogP contribution in [0, 0.1) is 12.5 Å². The van der Waals surface area contributed by atoms with E-state index in [1.807, 2.05) is 35.2 Å². The van der Waals surface area contributed by atoms with E-state index in [-0.39, 0.29) is 12.5 Å². The number of rotatable bonds is 2. The number of hydrogen-bond acceptors (Lipinski definition) is 4. The average Bonchev–Trinajstić information content (AvgIpc) is 3.37. The van der Waals surface area contributed by atoms with Gasteiger partial charge in [0.25, 0.3) is 0 Å². The summed E-state index contributed by atoms with van der Waals surface area (Å²) in [5.41, 5.74) is 3.64. The molecular formula is C23H23N3O3. The molecule has 0 unspecified atom stereocenters. The highest BCUT2D eigenvalue weighted by molar-refractivity contribution is 5.86. The van der Waals surface area contributed by atoms with Gasteiger partial charge in [0.2, 0.25) is 12.7 Å². The van der Waals surface area contributed by atoms with E-state index in [0.29, 0.717) is 13.3 Å². The first-order chi connectivity index (χ1) is 14.2. The average molecular weight is 389 g/mol. The van der Waals surface area contributed by atoms with Crippen molar-refractivity contribution in [1.82, 2.24) is 14.8 Å². The number of aromatic nitrogens is 1. The van der Waals surface area contributed by atoms with Crippen LogP contribution in [0.25, 0.3) is 10.9 Å². The quantitative estimate of drug-likeness (QED) is 0.541. The first-order valence-electron chi connectivity index (χ1n) is 9.54. The standard InChI is InChI=1S/C16H17N3O.C7H6O2/c1-3-18(2)11-16(20)19-9-8-13-12-6-4-5-7-14(12)17-15(13)10-19;1-2-4-7-6(3-1)8-5-9-7/h1,4-7,17H,8-11H2,2H3;1-4H,5H2. The third-order valence-corrected chi connectivity index (χ3v) is 5.11. The Morgan fingerprint density at radius 3 is 2.59 bits per heavy atom. The van der Waals surface area contributed by atoms with Gasteiger partial charge in [-0.05, 0) is 30.2 Å². The van der Waals surface area contributed by atoms with Crippen LogP contribution >= 0.6 is 0 Å². The van der Waals surface area contributed by atoms with E-state index < -0.39 is 0 Å². The van der Waals surface area contributed by atoms with Crippen molar-refractivity contribution in [3.8, 4) is 24.0 Å². The molecule has 148 valence electrons. The number of amides is 1. The van der Waals surface area contributed by atoms with Crippen LogP contribution in [0.1, 0.15) is 11.3 Å². The zero-order valence-corrected chi connectivity index (χ0v) is 16.4. The lowest BCUT2D eigenvalue weighted by Crippen LogP contribution is -2.40. The molecule has 0 aliphatic carbocycles. The number of nitrogens with zero attached hydrogens (tertiary/aromatic N) is 2. The Bertz CT molecular complexity index is 1040. The molecule has 2 aromatic carbocycles. The summed E-state index contributed by atoms with van der Waals surface area (Å²) in [5, 5.41) is 1.27. The van der Waals surface area contributed by atoms with Crippen LogP contribution in [0.5, 0.6) is 11.5 Å². The van der Waals surface area contributed by atoms with Crippen molar-refractivity contribution in [2.75, 3.05) is 26.9 Å². The van der Waals surface area contributed by atoms with Crippen molar-refractivity contribution < 1.29 is 14.3 Å². The fraction of sp³-hybridized carbons (Fsp3) is 0.261. The zero-order valence-electron chi connectivity index (χ0n) is 16.4. The van der Waals surface area contributed by atoms with Gasteiger partial charge < -0.3 is 24.3 Å². The Kier molecular flexibility index (Phi) is 5.30. The molecule has 6 heteroatoms. The number of likely N-dealkylation sites (N-methyl/N-ethyl adjacent to an activating group) is 1. The van der Waals surface area contributed by atoms with Gasteiger partial charge in [0, 0.05) is 36.2 Å². The lowest BCUT2D eigenvalue weighted by Gasteiger charge is -2.28. The summed E-state index contributed by atoms with van der Waals surface area (Å²) in [6, 6.07) is 18.4. The summed E-state index contributed by atoms with van der Waals surface area (Å²) < 4.78 is 10.2. The number of carbonyl (C=O) groups is 1. The van der Waals surface area contributed by atoms with Gasteiger partial charge in [-0.25, -0.2) is 0 Å². The summed E-state index contributed by atoms with van der Waals surface area (Å²) in [7, 11) is 1.75. The van der Waals surface area contributed by atoms with Crippen LogP contribution in [-0.2, 0) is 17.8 Å². The number of terminal acetylenes is 1. The van der Waals surface area contributed by atoms with Gasteiger partial charge in [0.05, 0.1) is 6.54 Å². The van der Waals surface area contributed by atoms with Crippen LogP contribution in [0.3, 0.4) is 0 Å². The molecule has 29 heavy (non-hydrogen) atoms. The van der Waals surface area contributed by atoms with Crippen LogP contribution in [-0.4, -0.2) is 47.6 Å². The van der Waals surface area contributed by atoms with Gasteiger partial charge in [-0.3, -0.25) is 4.79 Å². The number of nitrogens with one attached hydrogen (secondary N) is 1. The van der Waals surface area contributed by atoms with Crippen molar-refractivity contribution in [1.29, 1.82) is 0 Å². The first-order valence-corrected chi connectivity index (χ1v) is 9.54. The summed E-state index contributed by atoms with van der Waals surface area (Å²) in [4.78, 5) is 19.0. The van der Waals surface area contributed by atoms with E-state index in [4.69, 9.17) is 15.9 Å². The number of carbonyl (C=O) groups excluding carboxylic acids is 1. The monoisotopic (exact) mass is 389 g/mol. The van der Waals surface area contributed by atoms with E-state index in [2.05, 4.69) is 29.2 Å². The summed E-state index contributed by atoms with van der Waals surface area (Å²) >= 11 is 0. The summed E-state index contributed by atoms with van der Waals surface area (Å²) in [5.74, 6) is 1.77. The smallest absolute Gasteiger partial charge is 0.243 e. The zero-order chi connectivity index (χ0) is 20.2. The maximum atomic E-state index is 12.2. The second-order valence-electron chi connectivity index (χ2n) is 7.03. The lowest BCUT2D eigenvalue weighted by molar-refractivity contribution is -0.132. The maximum absolute atomic E-state index is 12.2. The van der Waals surface area contributed by atoms with E-state index in [0.717, 1.165) is 35.7 Å². The van der Waals surface area contributed by atoms with Crippen molar-refractivity contribution in [3.63, 3.8) is 0 Å². The number of fused-ring (bicyclic) bond motifs is 4. The molecule has 0 fully saturated rings. The van der Waals surface area contributed by atoms with Crippen molar-refractivity contribution >= 4 is 16.8 Å². The van der Waals surface area contributed by atoms with Crippen LogP contribution < -0.4 is 9.47 Å². The van der Waals surface area contributed by atoms with Crippen LogP contribution in [0.2, 0.25) is 0 Å². The van der Waals surface area contributed by atoms with Crippen molar-refractivity contribution in [3.05, 3.63) is 59.8 Å². The molecule has 0 atom stereocenters. The van der Waals surface area contributed by atoms with Gasteiger partial charge in [-0.15, -0.1) is 0 Å². The first kappa shape index (κ1) is 18.8. The second-order valence-corrected chi connectivity index (χ2v) is 7.03. The maximum Gasteiger partial charge on any atom is 0.243 e. The summed E-state index contributed by atoms with van der Waals surface area (Å²) in [6.45, 7) is 2.03. The fourth-order valence-corrected chi connectivity index (χ4v) is 3.60. The normalized spacial score (nSPS) is 13.9. The second kappa shape index (κ2) is 8.19. The Morgan fingerprint density at radius 2 is 1.86 bits per heavy atom. The predicted molar refractivity (Wildman–Crippen MR) is 111 cm³/mol. The van der Waals surface area contributed by atoms with Crippen molar-refractivity contribution in [2.45, 2.75) is 13.0 Å². The Balaban J connectivity index is 0.000000188. The number of benzene rings is 2. The number of para-hydroxylation sites is 3. The molecular weight excluding hydrogens is 366 g/mol. The molecule has 1 aromatic heterocycles. The predicted octanol–water partition coefficient (Wildman–Crippen LogP) is 2.99. The Hall–Kier alpha value is -3.59. The van der Waals surface area contributed by atoms with Crippen LogP contribution in [0.15, 0.2) is 48.5 Å². The molecule has 3 aromatic rings. The van der Waals surface area contributed by atoms with E-state index in [9.17, 15) is 4.79 Å². The number of H-pyrrole nitrogens is 1. The molecule has 2 aliphatic rings. The fourth-order valence-electron chi connectivity index (χ4n) is 3.60. The molecule has 6 nitrogen and oxygen atoms in total. The third-order valence-electron chi connectivity index (χ3n) is 5.11. The highest BCUT2D eigenvalue weighted by atomic mass is 16.7. The largest absolute Gasteiger partial charge is 0.454 e. The van der Waals surface area contributed by atoms with Gasteiger partial charge in [-0.1, -0.05) is 36.8 Å². The van der Waals surface area contributed by atoms with Gasteiger partial charge in [0.15, 0.2) is 11.5 Å². The molecule has 0 saturated carbocycles. The van der Waals surface area contributed by atoms with Gasteiger partial charge in [-0.2, -0.15) is 0 Å². The molecule has 0 saturated heterocycles. The number of hydrogen-bond donors (Lipinski definition) is 1. The Morgan fingerprint density at radius 1 is 1.17 bits per heavy atom. The van der Waals surface area contributed by atoms with E-state index in [1.54, 1.807) is 11.9 Å². The highest BCUT2D eigenvalue weighted by Gasteiger charge is 2.23. The third kappa shape index (κ3) is 3.99. The molecule has 2 aliphatic heterocycles. The van der Waals surface area contributed by atoms with E-state index in [1.165, 1.54) is 10.9 Å². The minimum Gasteiger partial charge on any atom is -0.454 e. The number of aromatic amines is 1. The SMILES string of the molecule is C#CN(C)CC(=O)N1CCc2c([nH]c3ccccc23)C1.c1ccc2c(c1)OCO2. The van der Waals surface area contributed by atoms with Gasteiger partial charge in [0.1, 0.15) is 6.54 Å². The van der Waals surface area contributed by atoms with Gasteiger partial charge >= 0.3 is 0 Å². The van der Waals surface area contributed by atoms with E-state index >= 15 is 0 Å². The van der Waals surface area contributed by atoms with Crippen molar-refractivity contribution in [2.24, 2.45) is 0 Å². The molecule has 0 bridgehead atoms. The molecule has 1 N–H and O–H groups in total. The molecule has 3 heterocycles. The minimum atomic E-state index is 0.0785. The molecule has 1 amide bonds. The molecule has 5 rings (SSSR count). The van der Waals surface area contributed by atoms with Crippen LogP contribution in [0.4, 0.5) is 0 Å². The molecule has 0 radical (unpaired) electrons. The summed E-state index contributed by atoms with van der Waals surface area (Å²) in [6.07, 6.45) is 6.17. The topological polar surface area (TPSA) is 57.8 Å². The molecule has 0 spiro atoms.